The van der Waals surface area contributed by atoms with Crippen molar-refractivity contribution in [3.63, 3.8) is 0 Å². The Hall–Kier alpha value is -0.810. The SMILES string of the molecule is CC(CO)C(C)NC(=O)N1CCOCC1. The van der Waals surface area contributed by atoms with E-state index >= 15 is 0 Å². The molecule has 0 spiro atoms. The molecule has 2 amide bonds. The lowest BCUT2D eigenvalue weighted by Crippen LogP contribution is -2.50. The van der Waals surface area contributed by atoms with Crippen LogP contribution in [0.5, 0.6) is 0 Å². The van der Waals surface area contributed by atoms with Crippen LogP contribution in [-0.4, -0.2) is 55.0 Å². The van der Waals surface area contributed by atoms with E-state index in [2.05, 4.69) is 5.32 Å². The highest BCUT2D eigenvalue weighted by Crippen LogP contribution is 2.03. The molecule has 0 radical (unpaired) electrons. The lowest BCUT2D eigenvalue weighted by molar-refractivity contribution is 0.0518. The maximum Gasteiger partial charge on any atom is 0.317 e. The van der Waals surface area contributed by atoms with E-state index in [-0.39, 0.29) is 24.6 Å². The monoisotopic (exact) mass is 216 g/mol. The van der Waals surface area contributed by atoms with Crippen molar-refractivity contribution in [1.29, 1.82) is 0 Å². The fourth-order valence-corrected chi connectivity index (χ4v) is 1.35. The van der Waals surface area contributed by atoms with E-state index in [1.807, 2.05) is 13.8 Å². The van der Waals surface area contributed by atoms with Crippen LogP contribution >= 0.6 is 0 Å². The number of urea groups is 1. The summed E-state index contributed by atoms with van der Waals surface area (Å²) in [5, 5.41) is 11.8. The molecule has 0 bridgehead atoms. The number of ether oxygens (including phenoxy) is 1. The summed E-state index contributed by atoms with van der Waals surface area (Å²) >= 11 is 0. The highest BCUT2D eigenvalue weighted by atomic mass is 16.5. The van der Waals surface area contributed by atoms with Gasteiger partial charge in [0.2, 0.25) is 0 Å². The molecule has 2 atom stereocenters. The van der Waals surface area contributed by atoms with Crippen LogP contribution in [0.15, 0.2) is 0 Å². The molecule has 1 saturated heterocycles. The Kier molecular flexibility index (Phi) is 4.84. The van der Waals surface area contributed by atoms with Gasteiger partial charge in [-0.25, -0.2) is 4.79 Å². The van der Waals surface area contributed by atoms with E-state index < -0.39 is 0 Å². The van der Waals surface area contributed by atoms with Gasteiger partial charge in [-0.1, -0.05) is 6.92 Å². The van der Waals surface area contributed by atoms with Crippen LogP contribution in [0.3, 0.4) is 0 Å². The fourth-order valence-electron chi connectivity index (χ4n) is 1.35. The molecule has 15 heavy (non-hydrogen) atoms. The van der Waals surface area contributed by atoms with Crippen molar-refractivity contribution in [3.05, 3.63) is 0 Å². The van der Waals surface area contributed by atoms with E-state index in [1.54, 1.807) is 4.90 Å². The topological polar surface area (TPSA) is 61.8 Å². The second-order valence-corrected chi connectivity index (χ2v) is 4.00. The average molecular weight is 216 g/mol. The minimum Gasteiger partial charge on any atom is -0.396 e. The van der Waals surface area contributed by atoms with Crippen LogP contribution in [0.2, 0.25) is 0 Å². The summed E-state index contributed by atoms with van der Waals surface area (Å²) in [7, 11) is 0. The van der Waals surface area contributed by atoms with Crippen LogP contribution in [0.1, 0.15) is 13.8 Å². The highest BCUT2D eigenvalue weighted by Gasteiger charge is 2.20. The standard InChI is InChI=1S/C10H20N2O3/c1-8(7-13)9(2)11-10(14)12-3-5-15-6-4-12/h8-9,13H,3-7H2,1-2H3,(H,11,14). The van der Waals surface area contributed by atoms with E-state index in [0.717, 1.165) is 0 Å². The van der Waals surface area contributed by atoms with Gasteiger partial charge in [0.15, 0.2) is 0 Å². The molecule has 1 fully saturated rings. The van der Waals surface area contributed by atoms with Gasteiger partial charge in [0.1, 0.15) is 0 Å². The second kappa shape index (κ2) is 5.92. The van der Waals surface area contributed by atoms with Gasteiger partial charge < -0.3 is 20.1 Å². The molecule has 5 nitrogen and oxygen atoms in total. The lowest BCUT2D eigenvalue weighted by atomic mass is 10.1. The molecule has 0 aromatic rings. The second-order valence-electron chi connectivity index (χ2n) is 4.00. The summed E-state index contributed by atoms with van der Waals surface area (Å²) in [5.41, 5.74) is 0. The fraction of sp³-hybridized carbons (Fsp3) is 0.900. The van der Waals surface area contributed by atoms with E-state index in [4.69, 9.17) is 9.84 Å². The number of nitrogens with one attached hydrogen (secondary N) is 1. The van der Waals surface area contributed by atoms with Crippen molar-refractivity contribution >= 4 is 6.03 Å². The molecule has 5 heteroatoms. The molecule has 2 unspecified atom stereocenters. The molecule has 1 heterocycles. The summed E-state index contributed by atoms with van der Waals surface area (Å²) in [5.74, 6) is 0.0787. The zero-order valence-electron chi connectivity index (χ0n) is 9.40. The Labute approximate surface area is 90.4 Å². The molecule has 2 N–H and O–H groups in total. The Morgan fingerprint density at radius 2 is 2.07 bits per heavy atom. The van der Waals surface area contributed by atoms with Gasteiger partial charge >= 0.3 is 6.03 Å². The van der Waals surface area contributed by atoms with Crippen molar-refractivity contribution < 1.29 is 14.6 Å². The molecule has 0 saturated carbocycles. The molecule has 0 aliphatic carbocycles. The van der Waals surface area contributed by atoms with Crippen LogP contribution in [0, 0.1) is 5.92 Å². The zero-order valence-corrected chi connectivity index (χ0v) is 9.40. The van der Waals surface area contributed by atoms with Crippen molar-refractivity contribution in [2.45, 2.75) is 19.9 Å². The highest BCUT2D eigenvalue weighted by molar-refractivity contribution is 5.74. The quantitative estimate of drug-likeness (QED) is 0.700. The third kappa shape index (κ3) is 3.68. The summed E-state index contributed by atoms with van der Waals surface area (Å²) in [6.07, 6.45) is 0. The minimum absolute atomic E-state index is 0.00894. The normalized spacial score (nSPS) is 20.9. The van der Waals surface area contributed by atoms with Gasteiger partial charge in [0.25, 0.3) is 0 Å². The number of aliphatic hydroxyl groups is 1. The molecule has 1 aliphatic rings. The molecule has 0 aromatic carbocycles. The first-order chi connectivity index (χ1) is 7.15. The zero-order chi connectivity index (χ0) is 11.3. The van der Waals surface area contributed by atoms with Crippen molar-refractivity contribution in [3.8, 4) is 0 Å². The van der Waals surface area contributed by atoms with Crippen LogP contribution in [0.4, 0.5) is 4.79 Å². The number of carbonyl (C=O) groups is 1. The maximum absolute atomic E-state index is 11.7. The van der Waals surface area contributed by atoms with Crippen LogP contribution in [-0.2, 0) is 4.74 Å². The van der Waals surface area contributed by atoms with Gasteiger partial charge in [0, 0.05) is 25.7 Å². The van der Waals surface area contributed by atoms with Gasteiger partial charge in [0.05, 0.1) is 13.2 Å². The van der Waals surface area contributed by atoms with Gasteiger partial charge in [-0.3, -0.25) is 0 Å². The first kappa shape index (κ1) is 12.3. The number of morpholine rings is 1. The molecular formula is C10H20N2O3. The number of carbonyl (C=O) groups excluding carboxylic acids is 1. The van der Waals surface area contributed by atoms with Crippen LogP contribution in [0.25, 0.3) is 0 Å². The summed E-state index contributed by atoms with van der Waals surface area (Å²) < 4.78 is 5.16. The minimum atomic E-state index is -0.0638. The number of rotatable bonds is 3. The largest absolute Gasteiger partial charge is 0.396 e. The lowest BCUT2D eigenvalue weighted by Gasteiger charge is -2.29. The molecule has 0 aromatic heterocycles. The first-order valence-corrected chi connectivity index (χ1v) is 5.39. The third-order valence-electron chi connectivity index (χ3n) is 2.79. The number of aliphatic hydroxyl groups excluding tert-OH is 1. The maximum atomic E-state index is 11.7. The van der Waals surface area contributed by atoms with Gasteiger partial charge in [-0.2, -0.15) is 0 Å². The Balaban J connectivity index is 2.33. The molecule has 1 rings (SSSR count). The predicted octanol–water partition coefficient (Wildman–Crippen LogP) is 0.0451. The molecule has 88 valence electrons. The van der Waals surface area contributed by atoms with Crippen molar-refractivity contribution in [1.82, 2.24) is 10.2 Å². The summed E-state index contributed by atoms with van der Waals surface area (Å²) in [6, 6.07) is -0.0727. The number of nitrogens with zero attached hydrogens (tertiary/aromatic N) is 1. The van der Waals surface area contributed by atoms with E-state index in [9.17, 15) is 4.79 Å². The van der Waals surface area contributed by atoms with Crippen molar-refractivity contribution in [2.75, 3.05) is 32.9 Å². The summed E-state index contributed by atoms with van der Waals surface area (Å²) in [6.45, 7) is 6.40. The first-order valence-electron chi connectivity index (χ1n) is 5.39. The van der Waals surface area contributed by atoms with Gasteiger partial charge in [-0.05, 0) is 12.8 Å². The molecule has 1 aliphatic heterocycles. The van der Waals surface area contributed by atoms with E-state index in [1.165, 1.54) is 0 Å². The van der Waals surface area contributed by atoms with E-state index in [0.29, 0.717) is 26.3 Å². The number of amides is 2. The van der Waals surface area contributed by atoms with Crippen LogP contribution < -0.4 is 5.32 Å². The smallest absolute Gasteiger partial charge is 0.317 e. The molecular weight excluding hydrogens is 196 g/mol. The number of hydrogen-bond donors (Lipinski definition) is 2. The number of hydrogen-bond acceptors (Lipinski definition) is 3. The Bertz CT molecular complexity index is 205. The predicted molar refractivity (Wildman–Crippen MR) is 56.6 cm³/mol. The third-order valence-corrected chi connectivity index (χ3v) is 2.79. The summed E-state index contributed by atoms with van der Waals surface area (Å²) in [4.78, 5) is 13.4. The average Bonchev–Trinajstić information content (AvgIpc) is 2.29. The Morgan fingerprint density at radius 1 is 1.47 bits per heavy atom. The van der Waals surface area contributed by atoms with Crippen molar-refractivity contribution in [2.24, 2.45) is 5.92 Å². The Morgan fingerprint density at radius 3 is 2.60 bits per heavy atom. The van der Waals surface area contributed by atoms with Gasteiger partial charge in [-0.15, -0.1) is 0 Å².